The normalized spacial score (nSPS) is 32.5. The topological polar surface area (TPSA) is 126 Å². The summed E-state index contributed by atoms with van der Waals surface area (Å²) >= 11 is 0.929. The first kappa shape index (κ1) is 24.5. The van der Waals surface area contributed by atoms with Crippen molar-refractivity contribution in [2.45, 2.75) is 76.0 Å². The zero-order valence-electron chi connectivity index (χ0n) is 20.8. The number of nitriles is 1. The van der Waals surface area contributed by atoms with E-state index in [4.69, 9.17) is 9.16 Å². The predicted octanol–water partition coefficient (Wildman–Crippen LogP) is 3.37. The van der Waals surface area contributed by atoms with E-state index in [1.807, 2.05) is 0 Å². The molecule has 2 amide bonds. The summed E-state index contributed by atoms with van der Waals surface area (Å²) in [5.74, 6) is -2.29. The van der Waals surface area contributed by atoms with Gasteiger partial charge in [0.1, 0.15) is 22.7 Å². The quantitative estimate of drug-likeness (QED) is 0.475. The fourth-order valence-electron chi connectivity index (χ4n) is 5.68. The third-order valence-corrected chi connectivity index (χ3v) is 13.7. The molecule has 2 aromatic rings. The first-order valence-electron chi connectivity index (χ1n) is 11.8. The maximum absolute atomic E-state index is 13.9. The number of aromatic nitrogens is 2. The number of aliphatic hydroxyl groups excluding tert-OH is 1. The monoisotopic (exact) mass is 514 g/mol. The van der Waals surface area contributed by atoms with Gasteiger partial charge in [-0.15, -0.1) is 0 Å². The minimum atomic E-state index is -2.03. The zero-order chi connectivity index (χ0) is 25.6. The Morgan fingerprint density at radius 3 is 2.57 bits per heavy atom. The van der Waals surface area contributed by atoms with Gasteiger partial charge in [-0.1, -0.05) is 20.8 Å². The number of carbonyl (C=O) groups is 2. The van der Waals surface area contributed by atoms with Gasteiger partial charge in [0.2, 0.25) is 11.8 Å². The third kappa shape index (κ3) is 3.27. The summed E-state index contributed by atoms with van der Waals surface area (Å²) in [4.78, 5) is 28.8. The van der Waals surface area contributed by atoms with Crippen molar-refractivity contribution in [3.05, 3.63) is 17.7 Å². The average molecular weight is 515 g/mol. The van der Waals surface area contributed by atoms with Crippen LogP contribution in [0.3, 0.4) is 0 Å². The minimum absolute atomic E-state index is 0.0336. The summed E-state index contributed by atoms with van der Waals surface area (Å²) < 4.78 is 21.3. The molecule has 1 N–H and O–H groups in total. The second-order valence-corrected chi connectivity index (χ2v) is 16.9. The number of benzene rings is 1. The van der Waals surface area contributed by atoms with Gasteiger partial charge in [-0.25, -0.2) is 4.90 Å². The summed E-state index contributed by atoms with van der Waals surface area (Å²) in [6.07, 6.45) is -0.170. The number of fused-ring (bicyclic) bond motifs is 6. The van der Waals surface area contributed by atoms with Gasteiger partial charge in [-0.2, -0.15) is 14.0 Å². The highest BCUT2D eigenvalue weighted by Crippen LogP contribution is 2.62. The molecule has 1 aromatic heterocycles. The van der Waals surface area contributed by atoms with Gasteiger partial charge in [0.05, 0.1) is 46.5 Å². The maximum atomic E-state index is 13.9. The number of carbonyl (C=O) groups excluding carboxylic acids is 2. The number of anilines is 1. The summed E-state index contributed by atoms with van der Waals surface area (Å²) in [5.41, 5.74) is -0.756. The molecule has 1 aromatic carbocycles. The van der Waals surface area contributed by atoms with Gasteiger partial charge in [0, 0.05) is 13.0 Å². The maximum Gasteiger partial charge on any atom is 0.240 e. The molecule has 0 aliphatic carbocycles. The van der Waals surface area contributed by atoms with Gasteiger partial charge < -0.3 is 14.3 Å². The molecule has 0 radical (unpaired) electrons. The van der Waals surface area contributed by atoms with Crippen molar-refractivity contribution < 1.29 is 23.9 Å². The number of imide groups is 1. The highest BCUT2D eigenvalue weighted by atomic mass is 32.1. The van der Waals surface area contributed by atoms with Gasteiger partial charge in [0.25, 0.3) is 0 Å². The Morgan fingerprint density at radius 1 is 1.26 bits per heavy atom. The van der Waals surface area contributed by atoms with E-state index >= 15 is 0 Å². The first-order valence-corrected chi connectivity index (χ1v) is 15.5. The molecule has 3 saturated heterocycles. The number of hydrogen-bond donors (Lipinski definition) is 1. The van der Waals surface area contributed by atoms with Crippen molar-refractivity contribution in [1.29, 1.82) is 5.26 Å². The second-order valence-electron chi connectivity index (χ2n) is 11.6. The van der Waals surface area contributed by atoms with E-state index in [1.165, 1.54) is 4.90 Å². The van der Waals surface area contributed by atoms with Crippen LogP contribution >= 0.6 is 11.7 Å². The Labute approximate surface area is 209 Å². The standard InChI is InChI=1S/C24H30N4O5SSi/c1-22(2,3)35(5,6)32-10-9-24-11-15(29)23(4,33-24)16-17(24)21(31)28(20(16)30)14-8-7-13(12-25)18-19(14)27-34-26-18/h7-8,15-17,29H,9-11H2,1-6H3/t15-,16-,17+,23-,24+/m0/s1. The van der Waals surface area contributed by atoms with E-state index < -0.39 is 43.4 Å². The summed E-state index contributed by atoms with van der Waals surface area (Å²) in [6, 6.07) is 5.21. The van der Waals surface area contributed by atoms with Crippen LogP contribution in [0.25, 0.3) is 11.0 Å². The van der Waals surface area contributed by atoms with Crippen molar-refractivity contribution in [1.82, 2.24) is 8.75 Å². The van der Waals surface area contributed by atoms with E-state index in [1.54, 1.807) is 19.1 Å². The lowest BCUT2D eigenvalue weighted by Crippen LogP contribution is -2.50. The van der Waals surface area contributed by atoms with E-state index in [0.717, 1.165) is 11.7 Å². The Bertz CT molecular complexity index is 1280. The van der Waals surface area contributed by atoms with Crippen molar-refractivity contribution in [2.24, 2.45) is 11.8 Å². The van der Waals surface area contributed by atoms with E-state index in [9.17, 15) is 20.0 Å². The van der Waals surface area contributed by atoms with Crippen LogP contribution in [0.2, 0.25) is 18.1 Å². The van der Waals surface area contributed by atoms with Gasteiger partial charge in [0.15, 0.2) is 8.32 Å². The second kappa shape index (κ2) is 7.63. The van der Waals surface area contributed by atoms with Gasteiger partial charge in [-0.3, -0.25) is 9.59 Å². The number of nitrogens with zero attached hydrogens (tertiary/aromatic N) is 4. The van der Waals surface area contributed by atoms with Crippen LogP contribution in [-0.2, 0) is 18.8 Å². The lowest BCUT2D eigenvalue weighted by Gasteiger charge is -2.38. The van der Waals surface area contributed by atoms with Crippen molar-refractivity contribution in [3.8, 4) is 6.07 Å². The summed E-state index contributed by atoms with van der Waals surface area (Å²) in [5, 5.41) is 20.4. The van der Waals surface area contributed by atoms with E-state index in [0.29, 0.717) is 35.3 Å². The molecular weight excluding hydrogens is 484 g/mol. The molecule has 0 spiro atoms. The summed E-state index contributed by atoms with van der Waals surface area (Å²) in [6.45, 7) is 12.9. The third-order valence-electron chi connectivity index (χ3n) is 8.66. The molecule has 2 bridgehead atoms. The smallest absolute Gasteiger partial charge is 0.240 e. The Morgan fingerprint density at radius 2 is 1.91 bits per heavy atom. The summed E-state index contributed by atoms with van der Waals surface area (Å²) in [7, 11) is -2.03. The van der Waals surface area contributed by atoms with Crippen LogP contribution in [0.5, 0.6) is 0 Å². The molecule has 5 atom stereocenters. The zero-order valence-corrected chi connectivity index (χ0v) is 22.6. The largest absolute Gasteiger partial charge is 0.417 e. The molecule has 3 aliphatic rings. The molecule has 186 valence electrons. The van der Waals surface area contributed by atoms with Crippen molar-refractivity contribution >= 4 is 48.6 Å². The lowest BCUT2D eigenvalue weighted by molar-refractivity contribution is -0.134. The lowest BCUT2D eigenvalue weighted by atomic mass is 9.66. The fourth-order valence-corrected chi connectivity index (χ4v) is 7.30. The Kier molecular flexibility index (Phi) is 5.33. The van der Waals surface area contributed by atoms with Crippen LogP contribution < -0.4 is 4.90 Å². The van der Waals surface area contributed by atoms with E-state index in [-0.39, 0.29) is 17.4 Å². The molecule has 3 aliphatic heterocycles. The van der Waals surface area contributed by atoms with E-state index in [2.05, 4.69) is 48.7 Å². The molecule has 11 heteroatoms. The van der Waals surface area contributed by atoms with Crippen molar-refractivity contribution in [2.75, 3.05) is 11.5 Å². The molecule has 0 unspecified atom stereocenters. The molecular formula is C24H30N4O5SSi. The van der Waals surface area contributed by atoms with Gasteiger partial charge >= 0.3 is 0 Å². The number of amides is 2. The van der Waals surface area contributed by atoms with Crippen LogP contribution in [0, 0.1) is 23.2 Å². The first-order chi connectivity index (χ1) is 16.3. The van der Waals surface area contributed by atoms with Gasteiger partial charge in [-0.05, 0) is 43.6 Å². The fraction of sp³-hybridized carbons (Fsp3) is 0.625. The SMILES string of the molecule is CC(C)(C)[Si](C)(C)OCC[C@]12C[C@H](O)[C@](C)(O1)[C@@H]1C(=O)N(c3ccc(C#N)c4nsnc34)C(=O)[C@@H]12. The molecule has 35 heavy (non-hydrogen) atoms. The van der Waals surface area contributed by atoms with Crippen LogP contribution in [0.1, 0.15) is 46.1 Å². The van der Waals surface area contributed by atoms with Crippen molar-refractivity contribution in [3.63, 3.8) is 0 Å². The number of aliphatic hydroxyl groups is 1. The average Bonchev–Trinajstić information content (AvgIpc) is 3.47. The number of ether oxygens (including phenoxy) is 1. The molecule has 4 heterocycles. The molecule has 5 rings (SSSR count). The Balaban J connectivity index is 1.50. The van der Waals surface area contributed by atoms with Crippen LogP contribution in [-0.4, -0.2) is 57.9 Å². The minimum Gasteiger partial charge on any atom is -0.417 e. The van der Waals surface area contributed by atoms with Crippen LogP contribution in [0.4, 0.5) is 5.69 Å². The number of rotatable bonds is 5. The Hall–Kier alpha value is -2.23. The van der Waals surface area contributed by atoms with Crippen LogP contribution in [0.15, 0.2) is 12.1 Å². The number of hydrogen-bond acceptors (Lipinski definition) is 9. The predicted molar refractivity (Wildman–Crippen MR) is 132 cm³/mol. The highest BCUT2D eigenvalue weighted by molar-refractivity contribution is 7.00. The molecule has 9 nitrogen and oxygen atoms in total. The molecule has 3 fully saturated rings. The molecule has 0 saturated carbocycles. The highest BCUT2D eigenvalue weighted by Gasteiger charge is 2.77.